The Morgan fingerprint density at radius 3 is 2.41 bits per heavy atom. The number of hydrogen-bond donors (Lipinski definition) is 1. The van der Waals surface area contributed by atoms with Crippen molar-refractivity contribution in [3.8, 4) is 0 Å². The molecule has 0 spiro atoms. The van der Waals surface area contributed by atoms with Crippen LogP contribution in [-0.2, 0) is 31.4 Å². The molecule has 170 valence electrons. The average molecular weight is 434 g/mol. The van der Waals surface area contributed by atoms with E-state index < -0.39 is 0 Å². The lowest BCUT2D eigenvalue weighted by atomic mass is 9.99. The number of fused-ring (bicyclic) bond motifs is 1. The van der Waals surface area contributed by atoms with Crippen LogP contribution < -0.4 is 5.32 Å². The first-order valence-corrected chi connectivity index (χ1v) is 11.8. The molecule has 0 unspecified atom stereocenters. The second-order valence-corrected chi connectivity index (χ2v) is 9.14. The van der Waals surface area contributed by atoms with Crippen LogP contribution in [0.25, 0.3) is 11.0 Å². The van der Waals surface area contributed by atoms with Gasteiger partial charge in [-0.3, -0.25) is 14.4 Å². The smallest absolute Gasteiger partial charge is 0.220 e. The molecule has 3 heterocycles. The highest BCUT2D eigenvalue weighted by atomic mass is 16.1. The van der Waals surface area contributed by atoms with Crippen LogP contribution in [0.4, 0.5) is 0 Å². The fourth-order valence-corrected chi connectivity index (χ4v) is 4.90. The first-order chi connectivity index (χ1) is 15.4. The number of benzene rings is 1. The van der Waals surface area contributed by atoms with E-state index in [9.17, 15) is 4.79 Å². The van der Waals surface area contributed by atoms with Gasteiger partial charge in [-0.1, -0.05) is 30.7 Å². The molecule has 1 fully saturated rings. The zero-order valence-corrected chi connectivity index (χ0v) is 19.9. The van der Waals surface area contributed by atoms with Gasteiger partial charge in [-0.05, 0) is 75.4 Å². The largest absolute Gasteiger partial charge is 0.352 e. The third-order valence-corrected chi connectivity index (χ3v) is 6.70. The number of amides is 1. The van der Waals surface area contributed by atoms with E-state index in [-0.39, 0.29) is 5.91 Å². The van der Waals surface area contributed by atoms with Gasteiger partial charge in [0.1, 0.15) is 0 Å². The molecule has 0 atom stereocenters. The van der Waals surface area contributed by atoms with E-state index in [1.807, 2.05) is 25.6 Å². The Labute approximate surface area is 191 Å². The summed E-state index contributed by atoms with van der Waals surface area (Å²) in [5.74, 6) is 0.0733. The molecule has 1 amide bonds. The fraction of sp³-hybridized carbons (Fsp3) is 0.500. The number of nitrogens with zero attached hydrogens (tertiary/aromatic N) is 4. The Hall–Kier alpha value is -2.73. The summed E-state index contributed by atoms with van der Waals surface area (Å²) >= 11 is 0. The maximum atomic E-state index is 12.5. The van der Waals surface area contributed by atoms with E-state index in [0.29, 0.717) is 19.4 Å². The van der Waals surface area contributed by atoms with Crippen LogP contribution in [0.2, 0.25) is 0 Å². The van der Waals surface area contributed by atoms with Crippen LogP contribution in [0.15, 0.2) is 24.3 Å². The predicted octanol–water partition coefficient (Wildman–Crippen LogP) is 4.13. The third kappa shape index (κ3) is 5.01. The molecule has 3 aromatic rings. The second-order valence-electron chi connectivity index (χ2n) is 9.14. The first kappa shape index (κ1) is 22.5. The van der Waals surface area contributed by atoms with Crippen LogP contribution in [-0.4, -0.2) is 38.7 Å². The van der Waals surface area contributed by atoms with Gasteiger partial charge in [0.25, 0.3) is 0 Å². The summed E-state index contributed by atoms with van der Waals surface area (Å²) < 4.78 is 1.83. The van der Waals surface area contributed by atoms with Crippen molar-refractivity contribution >= 4 is 16.9 Å². The molecular weight excluding hydrogens is 398 g/mol. The van der Waals surface area contributed by atoms with Gasteiger partial charge in [-0.15, -0.1) is 0 Å². The Morgan fingerprint density at radius 2 is 1.69 bits per heavy atom. The minimum absolute atomic E-state index is 0.0733. The van der Waals surface area contributed by atoms with Gasteiger partial charge in [0.15, 0.2) is 5.65 Å². The van der Waals surface area contributed by atoms with Crippen molar-refractivity contribution in [2.45, 2.75) is 66.0 Å². The average Bonchev–Trinajstić information content (AvgIpc) is 3.07. The Kier molecular flexibility index (Phi) is 6.89. The van der Waals surface area contributed by atoms with E-state index in [1.165, 1.54) is 43.5 Å². The van der Waals surface area contributed by atoms with Crippen molar-refractivity contribution in [3.05, 3.63) is 57.9 Å². The van der Waals surface area contributed by atoms with Crippen molar-refractivity contribution in [3.63, 3.8) is 0 Å². The monoisotopic (exact) mass is 433 g/mol. The Morgan fingerprint density at radius 1 is 1.00 bits per heavy atom. The molecule has 1 aliphatic rings. The first-order valence-electron chi connectivity index (χ1n) is 11.8. The van der Waals surface area contributed by atoms with Gasteiger partial charge in [0.05, 0.1) is 5.69 Å². The summed E-state index contributed by atoms with van der Waals surface area (Å²) in [6, 6.07) is 8.66. The highest BCUT2D eigenvalue weighted by Gasteiger charge is 2.16. The molecule has 1 N–H and O–H groups in total. The minimum atomic E-state index is 0.0733. The second kappa shape index (κ2) is 9.82. The summed E-state index contributed by atoms with van der Waals surface area (Å²) in [5.41, 5.74) is 7.72. The molecule has 1 saturated heterocycles. The maximum absolute atomic E-state index is 12.5. The lowest BCUT2D eigenvalue weighted by molar-refractivity contribution is -0.121. The van der Waals surface area contributed by atoms with Crippen LogP contribution in [0.3, 0.4) is 0 Å². The summed E-state index contributed by atoms with van der Waals surface area (Å²) in [6.07, 6.45) is 5.14. The van der Waals surface area contributed by atoms with Crippen molar-refractivity contribution in [2.75, 3.05) is 13.1 Å². The van der Waals surface area contributed by atoms with Gasteiger partial charge >= 0.3 is 0 Å². The van der Waals surface area contributed by atoms with Crippen LogP contribution in [0, 0.1) is 20.8 Å². The molecule has 0 bridgehead atoms. The molecule has 4 rings (SSSR count). The van der Waals surface area contributed by atoms with E-state index in [4.69, 9.17) is 4.98 Å². The van der Waals surface area contributed by atoms with E-state index in [1.54, 1.807) is 0 Å². The normalized spacial score (nSPS) is 14.8. The number of nitrogens with one attached hydrogen (secondary N) is 1. The quantitative estimate of drug-likeness (QED) is 0.609. The Balaban J connectivity index is 1.30. The van der Waals surface area contributed by atoms with E-state index in [2.05, 4.69) is 46.5 Å². The minimum Gasteiger partial charge on any atom is -0.352 e. The number of pyridine rings is 1. The fourth-order valence-electron chi connectivity index (χ4n) is 4.90. The SMILES string of the molecule is Cc1nc2c(c(C)nn2C)c(C)c1CCC(=O)NCc1ccc(CN2CCCCC2)cc1. The third-order valence-electron chi connectivity index (χ3n) is 6.70. The molecule has 0 aliphatic carbocycles. The number of piperidine rings is 1. The van der Waals surface area contributed by atoms with Crippen molar-refractivity contribution in [1.82, 2.24) is 25.0 Å². The van der Waals surface area contributed by atoms with Crippen LogP contribution in [0.1, 0.15) is 59.3 Å². The van der Waals surface area contributed by atoms with Crippen molar-refractivity contribution in [2.24, 2.45) is 7.05 Å². The summed E-state index contributed by atoms with van der Waals surface area (Å²) in [5, 5.41) is 8.69. The highest BCUT2D eigenvalue weighted by Crippen LogP contribution is 2.26. The molecule has 1 aromatic carbocycles. The van der Waals surface area contributed by atoms with Crippen LogP contribution in [0.5, 0.6) is 0 Å². The Bertz CT molecular complexity index is 1090. The molecular formula is C26H35N5O. The number of aromatic nitrogens is 3. The lowest BCUT2D eigenvalue weighted by Gasteiger charge is -2.26. The number of carbonyl (C=O) groups is 1. The molecule has 6 nitrogen and oxygen atoms in total. The van der Waals surface area contributed by atoms with Gasteiger partial charge in [-0.25, -0.2) is 4.98 Å². The topological polar surface area (TPSA) is 63.1 Å². The van der Waals surface area contributed by atoms with Crippen LogP contribution >= 0.6 is 0 Å². The van der Waals surface area contributed by atoms with E-state index >= 15 is 0 Å². The maximum Gasteiger partial charge on any atom is 0.220 e. The lowest BCUT2D eigenvalue weighted by Crippen LogP contribution is -2.29. The molecule has 32 heavy (non-hydrogen) atoms. The standard InChI is InChI=1S/C26H35N5O/c1-18-23(19(2)28-26-25(18)20(3)29-30(26)4)12-13-24(32)27-16-21-8-10-22(11-9-21)17-31-14-6-5-7-15-31/h8-11H,5-7,12-17H2,1-4H3,(H,27,32). The number of rotatable bonds is 7. The highest BCUT2D eigenvalue weighted by molar-refractivity contribution is 5.84. The molecule has 6 heteroatoms. The summed E-state index contributed by atoms with van der Waals surface area (Å²) in [6.45, 7) is 10.2. The van der Waals surface area contributed by atoms with E-state index in [0.717, 1.165) is 40.1 Å². The molecule has 0 radical (unpaired) electrons. The zero-order chi connectivity index (χ0) is 22.7. The predicted molar refractivity (Wildman–Crippen MR) is 128 cm³/mol. The van der Waals surface area contributed by atoms with Crippen molar-refractivity contribution in [1.29, 1.82) is 0 Å². The van der Waals surface area contributed by atoms with Gasteiger partial charge in [-0.2, -0.15) is 5.10 Å². The number of hydrogen-bond acceptors (Lipinski definition) is 4. The number of carbonyl (C=O) groups excluding carboxylic acids is 1. The van der Waals surface area contributed by atoms with Crippen molar-refractivity contribution < 1.29 is 4.79 Å². The number of aryl methyl sites for hydroxylation is 4. The molecule has 1 aliphatic heterocycles. The van der Waals surface area contributed by atoms with Gasteiger partial charge in [0.2, 0.25) is 5.91 Å². The van der Waals surface area contributed by atoms with Gasteiger partial charge < -0.3 is 5.32 Å². The summed E-state index contributed by atoms with van der Waals surface area (Å²) in [4.78, 5) is 19.8. The molecule has 2 aromatic heterocycles. The summed E-state index contributed by atoms with van der Waals surface area (Å²) in [7, 11) is 1.93. The zero-order valence-electron chi connectivity index (χ0n) is 19.9. The van der Waals surface area contributed by atoms with Gasteiger partial charge in [0, 0.05) is 37.6 Å². The number of likely N-dealkylation sites (tertiary alicyclic amines) is 1. The molecule has 0 saturated carbocycles.